The van der Waals surface area contributed by atoms with E-state index in [0.717, 1.165) is 40.9 Å². The van der Waals surface area contributed by atoms with E-state index in [4.69, 9.17) is 17.2 Å². The fourth-order valence-electron chi connectivity index (χ4n) is 3.46. The van der Waals surface area contributed by atoms with E-state index in [0.29, 0.717) is 10.8 Å². The van der Waals surface area contributed by atoms with Crippen LogP contribution in [0, 0.1) is 6.92 Å². The van der Waals surface area contributed by atoms with Gasteiger partial charge in [0.25, 0.3) is 5.91 Å². The molecule has 0 atom stereocenters. The third-order valence-electron chi connectivity index (χ3n) is 4.73. The summed E-state index contributed by atoms with van der Waals surface area (Å²) >= 11 is 5.03. The molecule has 5 nitrogen and oxygen atoms in total. The minimum Gasteiger partial charge on any atom is -0.356 e. The first-order valence-electron chi connectivity index (χ1n) is 8.61. The molecule has 2 saturated heterocycles. The number of hydrogen-bond donors (Lipinski definition) is 2. The fourth-order valence-corrected chi connectivity index (χ4v) is 3.66. The molecule has 1 aromatic heterocycles. The Morgan fingerprint density at radius 3 is 2.72 bits per heavy atom. The van der Waals surface area contributed by atoms with E-state index in [-0.39, 0.29) is 5.91 Å². The number of piperidine rings is 1. The number of carbonyl (C=O) groups is 1. The maximum Gasteiger partial charge on any atom is 0.273 e. The molecule has 4 rings (SSSR count). The van der Waals surface area contributed by atoms with Crippen molar-refractivity contribution in [3.05, 3.63) is 41.1 Å². The molecule has 2 aliphatic heterocycles. The molecule has 0 radical (unpaired) electrons. The Kier molecular flexibility index (Phi) is 4.13. The van der Waals surface area contributed by atoms with Gasteiger partial charge in [-0.3, -0.25) is 10.1 Å². The number of pyridine rings is 1. The molecule has 128 valence electrons. The number of nitrogens with one attached hydrogen (secondary N) is 2. The van der Waals surface area contributed by atoms with Gasteiger partial charge in [0.05, 0.1) is 5.52 Å². The van der Waals surface area contributed by atoms with Crippen LogP contribution in [0.25, 0.3) is 17.0 Å². The summed E-state index contributed by atoms with van der Waals surface area (Å²) in [5, 5.41) is 6.96. The normalized spacial score (nSPS) is 19.4. The Labute approximate surface area is 152 Å². The monoisotopic (exact) mass is 352 g/mol. The molecule has 2 aliphatic rings. The Bertz CT molecular complexity index is 900. The lowest BCUT2D eigenvalue weighted by atomic mass is 10.1. The molecule has 0 saturated carbocycles. The largest absolute Gasteiger partial charge is 0.356 e. The van der Waals surface area contributed by atoms with Crippen molar-refractivity contribution in [2.45, 2.75) is 26.2 Å². The van der Waals surface area contributed by atoms with Gasteiger partial charge in [0.1, 0.15) is 11.5 Å². The van der Waals surface area contributed by atoms with Crippen molar-refractivity contribution in [1.29, 1.82) is 0 Å². The van der Waals surface area contributed by atoms with Crippen LogP contribution in [0.15, 0.2) is 30.0 Å². The van der Waals surface area contributed by atoms with Crippen LogP contribution < -0.4 is 15.5 Å². The van der Waals surface area contributed by atoms with Crippen molar-refractivity contribution >= 4 is 46.0 Å². The summed E-state index contributed by atoms with van der Waals surface area (Å²) in [5.41, 5.74) is 3.59. The molecule has 2 aromatic rings. The molecule has 6 heteroatoms. The molecule has 1 amide bonds. The van der Waals surface area contributed by atoms with Crippen molar-refractivity contribution in [2.75, 3.05) is 18.0 Å². The maximum absolute atomic E-state index is 12.0. The smallest absolute Gasteiger partial charge is 0.273 e. The molecule has 0 spiro atoms. The van der Waals surface area contributed by atoms with Crippen LogP contribution in [0.4, 0.5) is 5.82 Å². The lowest BCUT2D eigenvalue weighted by Gasteiger charge is -2.29. The zero-order valence-corrected chi connectivity index (χ0v) is 14.9. The number of aryl methyl sites for hydroxylation is 1. The Morgan fingerprint density at radius 1 is 1.20 bits per heavy atom. The summed E-state index contributed by atoms with van der Waals surface area (Å²) in [6.07, 6.45) is 5.46. The second kappa shape index (κ2) is 6.44. The second-order valence-electron chi connectivity index (χ2n) is 6.56. The van der Waals surface area contributed by atoms with Crippen LogP contribution in [0.1, 0.15) is 30.4 Å². The van der Waals surface area contributed by atoms with Crippen LogP contribution >= 0.6 is 12.2 Å². The first kappa shape index (κ1) is 16.0. The highest BCUT2D eigenvalue weighted by Crippen LogP contribution is 2.29. The topological polar surface area (TPSA) is 57.3 Å². The number of thiocarbonyl (C=S) groups is 1. The molecular weight excluding hydrogens is 332 g/mol. The fraction of sp³-hybridized carbons (Fsp3) is 0.316. The van der Waals surface area contributed by atoms with Gasteiger partial charge in [-0.05, 0) is 56.1 Å². The number of carbonyl (C=O) groups excluding carboxylic acids is 1. The minimum absolute atomic E-state index is 0.195. The maximum atomic E-state index is 12.0. The van der Waals surface area contributed by atoms with Gasteiger partial charge >= 0.3 is 0 Å². The van der Waals surface area contributed by atoms with E-state index in [9.17, 15) is 4.79 Å². The van der Waals surface area contributed by atoms with E-state index < -0.39 is 0 Å². The summed E-state index contributed by atoms with van der Waals surface area (Å²) in [6.45, 7) is 4.08. The van der Waals surface area contributed by atoms with Crippen molar-refractivity contribution < 1.29 is 4.79 Å². The molecule has 0 bridgehead atoms. The lowest BCUT2D eigenvalue weighted by Crippen LogP contribution is -2.31. The van der Waals surface area contributed by atoms with Gasteiger partial charge in [0, 0.05) is 24.0 Å². The highest BCUT2D eigenvalue weighted by Gasteiger charge is 2.22. The van der Waals surface area contributed by atoms with E-state index in [1.54, 1.807) is 0 Å². The highest BCUT2D eigenvalue weighted by atomic mass is 32.1. The molecule has 1 aromatic carbocycles. The molecule has 2 fully saturated rings. The van der Waals surface area contributed by atoms with Crippen LogP contribution in [-0.2, 0) is 4.79 Å². The predicted molar refractivity (Wildman–Crippen MR) is 104 cm³/mol. The van der Waals surface area contributed by atoms with Gasteiger partial charge < -0.3 is 10.2 Å². The third kappa shape index (κ3) is 3.09. The summed E-state index contributed by atoms with van der Waals surface area (Å²) in [6, 6.07) is 8.29. The Hall–Kier alpha value is -2.47. The predicted octanol–water partition coefficient (Wildman–Crippen LogP) is 2.88. The van der Waals surface area contributed by atoms with Crippen LogP contribution in [0.3, 0.4) is 0 Å². The SMILES string of the molecule is Cc1cccc2cc(/C=C3/NC(=S)NC3=O)c(N3CCCCC3)nc12. The lowest BCUT2D eigenvalue weighted by molar-refractivity contribution is -0.115. The Balaban J connectivity index is 1.87. The van der Waals surface area contributed by atoms with Gasteiger partial charge in [-0.15, -0.1) is 0 Å². The molecule has 0 unspecified atom stereocenters. The molecule has 25 heavy (non-hydrogen) atoms. The molecule has 0 aliphatic carbocycles. The number of para-hydroxylation sites is 1. The minimum atomic E-state index is -0.195. The van der Waals surface area contributed by atoms with Gasteiger partial charge in [-0.2, -0.15) is 0 Å². The summed E-state index contributed by atoms with van der Waals surface area (Å²) in [5.74, 6) is 0.750. The number of rotatable bonds is 2. The number of nitrogens with zero attached hydrogens (tertiary/aromatic N) is 2. The van der Waals surface area contributed by atoms with Crippen LogP contribution in [-0.4, -0.2) is 29.1 Å². The van der Waals surface area contributed by atoms with Crippen LogP contribution in [0.2, 0.25) is 0 Å². The first-order chi connectivity index (χ1) is 12.1. The van der Waals surface area contributed by atoms with Gasteiger partial charge in [0.2, 0.25) is 0 Å². The van der Waals surface area contributed by atoms with Gasteiger partial charge in [-0.25, -0.2) is 4.98 Å². The average molecular weight is 352 g/mol. The molecule has 2 N–H and O–H groups in total. The number of aromatic nitrogens is 1. The number of amides is 1. The van der Waals surface area contributed by atoms with Crippen molar-refractivity contribution in [2.24, 2.45) is 0 Å². The average Bonchev–Trinajstić information content (AvgIpc) is 2.93. The summed E-state index contributed by atoms with van der Waals surface area (Å²) < 4.78 is 0. The van der Waals surface area contributed by atoms with E-state index in [2.05, 4.69) is 40.7 Å². The van der Waals surface area contributed by atoms with Crippen molar-refractivity contribution in [3.8, 4) is 0 Å². The van der Waals surface area contributed by atoms with Crippen LogP contribution in [0.5, 0.6) is 0 Å². The Morgan fingerprint density at radius 2 is 2.00 bits per heavy atom. The summed E-state index contributed by atoms with van der Waals surface area (Å²) in [4.78, 5) is 19.3. The van der Waals surface area contributed by atoms with Crippen molar-refractivity contribution in [3.63, 3.8) is 0 Å². The van der Waals surface area contributed by atoms with E-state index >= 15 is 0 Å². The van der Waals surface area contributed by atoms with Gasteiger partial charge in [-0.1, -0.05) is 18.2 Å². The second-order valence-corrected chi connectivity index (χ2v) is 6.97. The number of anilines is 1. The van der Waals surface area contributed by atoms with E-state index in [1.165, 1.54) is 19.3 Å². The highest BCUT2D eigenvalue weighted by molar-refractivity contribution is 7.80. The quantitative estimate of drug-likeness (QED) is 0.643. The first-order valence-corrected chi connectivity index (χ1v) is 9.02. The summed E-state index contributed by atoms with van der Waals surface area (Å²) in [7, 11) is 0. The number of fused-ring (bicyclic) bond motifs is 1. The molecular formula is C19H20N4OS. The zero-order valence-electron chi connectivity index (χ0n) is 14.1. The van der Waals surface area contributed by atoms with Gasteiger partial charge in [0.15, 0.2) is 5.11 Å². The number of hydrogen-bond acceptors (Lipinski definition) is 4. The number of benzene rings is 1. The third-order valence-corrected chi connectivity index (χ3v) is 4.94. The molecule has 3 heterocycles. The van der Waals surface area contributed by atoms with E-state index in [1.807, 2.05) is 12.1 Å². The standard InChI is InChI=1S/C19H20N4OS/c1-12-6-5-7-13-10-14(11-15-18(24)22-19(25)20-15)17(21-16(12)13)23-8-3-2-4-9-23/h5-7,10-11H,2-4,8-9H2,1H3,(H2,20,22,24,25)/b15-11+. The zero-order chi connectivity index (χ0) is 17.4. The van der Waals surface area contributed by atoms with Crippen molar-refractivity contribution in [1.82, 2.24) is 15.6 Å².